The molecule has 0 spiro atoms. The molecule has 1 rings (SSSR count). The van der Waals surface area contributed by atoms with Gasteiger partial charge in [-0.05, 0) is 6.92 Å². The van der Waals surface area contributed by atoms with Crippen LogP contribution in [0.25, 0.3) is 0 Å². The third-order valence-electron chi connectivity index (χ3n) is 2.09. The molecule has 0 saturated carbocycles. The van der Waals surface area contributed by atoms with Gasteiger partial charge >= 0.3 is 11.9 Å². The normalized spacial score (nSPS) is 30.2. The first kappa shape index (κ1) is 11.8. The van der Waals surface area contributed by atoms with Gasteiger partial charge in [0.2, 0.25) is 6.61 Å². The highest BCUT2D eigenvalue weighted by Gasteiger charge is 2.41. The van der Waals surface area contributed by atoms with Gasteiger partial charge in [0.15, 0.2) is 18.6 Å². The minimum absolute atomic E-state index is 0.299. The monoisotopic (exact) mass is 215 g/mol. The van der Waals surface area contributed by atoms with Gasteiger partial charge in [-0.2, -0.15) is 4.74 Å². The average molecular weight is 215 g/mol. The molecular formula is C10H15O5+. The van der Waals surface area contributed by atoms with Crippen LogP contribution in [0, 0.1) is 6.61 Å². The Balaban J connectivity index is 2.63. The van der Waals surface area contributed by atoms with E-state index in [4.69, 9.17) is 14.2 Å². The highest BCUT2D eigenvalue weighted by atomic mass is 16.6. The molecule has 3 atom stereocenters. The summed E-state index contributed by atoms with van der Waals surface area (Å²) in [6, 6.07) is 0. The molecule has 1 saturated heterocycles. The van der Waals surface area contributed by atoms with Crippen molar-refractivity contribution in [3.05, 3.63) is 6.61 Å². The second kappa shape index (κ2) is 5.02. The molecule has 1 aliphatic rings. The van der Waals surface area contributed by atoms with Gasteiger partial charge in [-0.3, -0.25) is 9.59 Å². The summed E-state index contributed by atoms with van der Waals surface area (Å²) < 4.78 is 15.3. The Morgan fingerprint density at radius 2 is 1.87 bits per heavy atom. The van der Waals surface area contributed by atoms with E-state index in [0.717, 1.165) is 0 Å². The SMILES string of the molecule is CC(=O)O[C@@H]1C(C)O[CH+]C[C@H]1OC(C)=O. The van der Waals surface area contributed by atoms with Gasteiger partial charge in [-0.1, -0.05) is 0 Å². The molecular weight excluding hydrogens is 200 g/mol. The fourth-order valence-corrected chi connectivity index (χ4v) is 1.51. The topological polar surface area (TPSA) is 61.8 Å². The summed E-state index contributed by atoms with van der Waals surface area (Å²) in [5.41, 5.74) is 0. The summed E-state index contributed by atoms with van der Waals surface area (Å²) in [6.45, 7) is 5.97. The summed E-state index contributed by atoms with van der Waals surface area (Å²) in [5, 5.41) is 0. The second-order valence-corrected chi connectivity index (χ2v) is 3.47. The zero-order valence-electron chi connectivity index (χ0n) is 9.06. The van der Waals surface area contributed by atoms with Crippen LogP contribution in [0.3, 0.4) is 0 Å². The quantitative estimate of drug-likeness (QED) is 0.504. The molecule has 0 N–H and O–H groups in total. The van der Waals surface area contributed by atoms with Gasteiger partial charge < -0.3 is 9.47 Å². The van der Waals surface area contributed by atoms with Crippen molar-refractivity contribution < 1.29 is 23.8 Å². The molecule has 0 amide bonds. The molecule has 1 aliphatic heterocycles. The molecule has 1 unspecified atom stereocenters. The van der Waals surface area contributed by atoms with Crippen LogP contribution in [0.4, 0.5) is 0 Å². The van der Waals surface area contributed by atoms with Crippen molar-refractivity contribution in [3.63, 3.8) is 0 Å². The zero-order valence-corrected chi connectivity index (χ0v) is 9.06. The Kier molecular flexibility index (Phi) is 3.96. The summed E-state index contributed by atoms with van der Waals surface area (Å²) >= 11 is 0. The van der Waals surface area contributed by atoms with Crippen molar-refractivity contribution in [1.29, 1.82) is 0 Å². The summed E-state index contributed by atoms with van der Waals surface area (Å²) in [6.07, 6.45) is -0.847. The van der Waals surface area contributed by atoms with Crippen molar-refractivity contribution >= 4 is 11.9 Å². The van der Waals surface area contributed by atoms with Crippen LogP contribution in [0.5, 0.6) is 0 Å². The lowest BCUT2D eigenvalue weighted by Gasteiger charge is -2.29. The lowest BCUT2D eigenvalue weighted by molar-refractivity contribution is -0.184. The number of rotatable bonds is 2. The fraction of sp³-hybridized carbons (Fsp3) is 0.700. The molecule has 0 aliphatic carbocycles. The largest absolute Gasteiger partial charge is 0.455 e. The molecule has 0 aromatic carbocycles. The second-order valence-electron chi connectivity index (χ2n) is 3.47. The highest BCUT2D eigenvalue weighted by molar-refractivity contribution is 5.67. The van der Waals surface area contributed by atoms with E-state index in [1.165, 1.54) is 13.8 Å². The van der Waals surface area contributed by atoms with Crippen LogP contribution in [0.15, 0.2) is 0 Å². The number of hydrogen-bond acceptors (Lipinski definition) is 5. The van der Waals surface area contributed by atoms with E-state index in [9.17, 15) is 9.59 Å². The summed E-state index contributed by atoms with van der Waals surface area (Å²) in [4.78, 5) is 21.7. The van der Waals surface area contributed by atoms with Crippen LogP contribution in [-0.2, 0) is 23.8 Å². The zero-order chi connectivity index (χ0) is 11.4. The Morgan fingerprint density at radius 1 is 1.27 bits per heavy atom. The Labute approximate surface area is 88.7 Å². The third kappa shape index (κ3) is 3.43. The number of esters is 2. The minimum atomic E-state index is -0.531. The first-order chi connectivity index (χ1) is 7.00. The number of carbonyl (C=O) groups is 2. The van der Waals surface area contributed by atoms with E-state index < -0.39 is 18.2 Å². The molecule has 15 heavy (non-hydrogen) atoms. The van der Waals surface area contributed by atoms with Crippen molar-refractivity contribution in [1.82, 2.24) is 0 Å². The predicted molar refractivity (Wildman–Crippen MR) is 50.6 cm³/mol. The highest BCUT2D eigenvalue weighted by Crippen LogP contribution is 2.23. The summed E-state index contributed by atoms with van der Waals surface area (Å²) in [5.74, 6) is -0.797. The third-order valence-corrected chi connectivity index (χ3v) is 2.09. The van der Waals surface area contributed by atoms with Crippen LogP contribution < -0.4 is 0 Å². The van der Waals surface area contributed by atoms with Crippen LogP contribution >= 0.6 is 0 Å². The van der Waals surface area contributed by atoms with Crippen molar-refractivity contribution in [2.24, 2.45) is 0 Å². The van der Waals surface area contributed by atoms with E-state index in [1.807, 2.05) is 0 Å². The smallest absolute Gasteiger partial charge is 0.303 e. The molecule has 0 radical (unpaired) electrons. The van der Waals surface area contributed by atoms with Crippen LogP contribution in [-0.4, -0.2) is 30.3 Å². The maximum atomic E-state index is 10.9. The van der Waals surface area contributed by atoms with Gasteiger partial charge in [-0.15, -0.1) is 0 Å². The molecule has 0 aromatic rings. The first-order valence-electron chi connectivity index (χ1n) is 4.82. The predicted octanol–water partition coefficient (Wildman–Crippen LogP) is 0.820. The van der Waals surface area contributed by atoms with Gasteiger partial charge in [0.25, 0.3) is 0 Å². The van der Waals surface area contributed by atoms with Gasteiger partial charge in [-0.25, -0.2) is 0 Å². The maximum absolute atomic E-state index is 10.9. The number of ether oxygens (including phenoxy) is 3. The van der Waals surface area contributed by atoms with Crippen LogP contribution in [0.2, 0.25) is 0 Å². The van der Waals surface area contributed by atoms with E-state index in [0.29, 0.717) is 6.42 Å². The Morgan fingerprint density at radius 3 is 2.40 bits per heavy atom. The Hall–Kier alpha value is -1.23. The Bertz CT molecular complexity index is 250. The molecule has 84 valence electrons. The molecule has 5 nitrogen and oxygen atoms in total. The standard InChI is InChI=1S/C10H15O5/c1-6-10(15-8(3)12)9(4-5-13-6)14-7(2)11/h5-6,9-10H,4H2,1-3H3/q+1/t6?,9-,10-/m1/s1. The van der Waals surface area contributed by atoms with E-state index in [1.54, 1.807) is 13.5 Å². The fourth-order valence-electron chi connectivity index (χ4n) is 1.51. The van der Waals surface area contributed by atoms with E-state index >= 15 is 0 Å². The number of hydrogen-bond donors (Lipinski definition) is 0. The maximum Gasteiger partial charge on any atom is 0.303 e. The average Bonchev–Trinajstić information content (AvgIpc) is 2.09. The van der Waals surface area contributed by atoms with E-state index in [-0.39, 0.29) is 12.1 Å². The van der Waals surface area contributed by atoms with Crippen LogP contribution in [0.1, 0.15) is 27.2 Å². The first-order valence-corrected chi connectivity index (χ1v) is 4.82. The van der Waals surface area contributed by atoms with Gasteiger partial charge in [0.1, 0.15) is 6.10 Å². The van der Waals surface area contributed by atoms with Crippen molar-refractivity contribution in [2.45, 2.75) is 45.5 Å². The molecule has 5 heteroatoms. The molecule has 0 aromatic heterocycles. The lowest BCUT2D eigenvalue weighted by atomic mass is 10.0. The molecule has 1 heterocycles. The van der Waals surface area contributed by atoms with Crippen molar-refractivity contribution in [2.75, 3.05) is 0 Å². The van der Waals surface area contributed by atoms with E-state index in [2.05, 4.69) is 0 Å². The minimum Gasteiger partial charge on any atom is -0.455 e. The summed E-state index contributed by atoms with van der Waals surface area (Å²) in [7, 11) is 0. The van der Waals surface area contributed by atoms with Gasteiger partial charge in [0.05, 0.1) is 0 Å². The molecule has 1 fully saturated rings. The number of carbonyl (C=O) groups excluding carboxylic acids is 2. The van der Waals surface area contributed by atoms with Gasteiger partial charge in [0, 0.05) is 13.8 Å². The van der Waals surface area contributed by atoms with Crippen molar-refractivity contribution in [3.8, 4) is 0 Å². The lowest BCUT2D eigenvalue weighted by Crippen LogP contribution is -2.46. The molecule has 0 bridgehead atoms.